The van der Waals surface area contributed by atoms with Gasteiger partial charge in [-0.1, -0.05) is 11.6 Å². The van der Waals surface area contributed by atoms with Crippen LogP contribution in [0.2, 0.25) is 5.28 Å². The molecule has 0 aromatic carbocycles. The number of fused-ring (bicyclic) bond motifs is 1. The minimum Gasteiger partial charge on any atom is -0.339 e. The number of nitrogens with one attached hydrogen (secondary N) is 1. The first-order valence-electron chi connectivity index (χ1n) is 3.30. The number of aromatic nitrogens is 2. The van der Waals surface area contributed by atoms with Crippen molar-refractivity contribution in [3.63, 3.8) is 0 Å². The van der Waals surface area contributed by atoms with Crippen LogP contribution in [0.1, 0.15) is 0 Å². The number of imidazole rings is 1. The molecule has 2 heterocycles. The first-order valence-corrected chi connectivity index (χ1v) is 4.77. The van der Waals surface area contributed by atoms with Crippen LogP contribution in [0.4, 0.5) is 0 Å². The van der Waals surface area contributed by atoms with E-state index in [1.54, 1.807) is 0 Å². The fraction of sp³-hybridized carbons (Fsp3) is 0.200. The molecule has 1 unspecified atom stereocenters. The van der Waals surface area contributed by atoms with Gasteiger partial charge in [0, 0.05) is 11.8 Å². The van der Waals surface area contributed by atoms with Crippen LogP contribution in [0.3, 0.4) is 0 Å². The van der Waals surface area contributed by atoms with Gasteiger partial charge < -0.3 is 10.1 Å². The molecule has 0 fully saturated rings. The predicted molar refractivity (Wildman–Crippen MR) is 52.1 cm³/mol. The largest absolute Gasteiger partial charge is 0.339 e. The summed E-state index contributed by atoms with van der Waals surface area (Å²) >= 11 is 22.5. The molecule has 1 aliphatic rings. The van der Waals surface area contributed by atoms with E-state index in [0.29, 0.717) is 9.77 Å². The molecule has 0 amide bonds. The summed E-state index contributed by atoms with van der Waals surface area (Å²) in [6.07, 6.45) is 0. The maximum absolute atomic E-state index is 9.46. The summed E-state index contributed by atoms with van der Waals surface area (Å²) < 4.78 is 0.660. The van der Waals surface area contributed by atoms with E-state index in [-0.39, 0.29) is 15.9 Å². The molecule has 0 aliphatic carbocycles. The molecule has 0 radical (unpaired) electrons. The van der Waals surface area contributed by atoms with E-state index in [1.807, 2.05) is 0 Å². The standard InChI is InChI=1S/C5H2Cl4N4O/c6-2-1-3(11-4(7)10-1)12-5(8,14)13(2)9/h14H,(H,10,11,12). The SMILES string of the molecule is OC1(Cl)N=c2nc(Cl)[nH]c2=C(Cl)N1Cl. The zero-order chi connectivity index (χ0) is 10.5. The Bertz CT molecular complexity index is 494. The molecule has 0 bridgehead atoms. The topological polar surface area (TPSA) is 64.5 Å². The van der Waals surface area contributed by atoms with Gasteiger partial charge in [-0.15, -0.1) is 0 Å². The highest BCUT2D eigenvalue weighted by molar-refractivity contribution is 6.48. The Kier molecular flexibility index (Phi) is 2.32. The molecule has 0 spiro atoms. The number of aliphatic hydroxyl groups is 1. The van der Waals surface area contributed by atoms with Crippen LogP contribution in [-0.4, -0.2) is 24.8 Å². The number of hydrogen-bond donors (Lipinski definition) is 2. The van der Waals surface area contributed by atoms with Crippen LogP contribution >= 0.6 is 46.6 Å². The molecular formula is C5H2Cl4N4O. The van der Waals surface area contributed by atoms with Crippen LogP contribution in [0.15, 0.2) is 4.99 Å². The summed E-state index contributed by atoms with van der Waals surface area (Å²) in [5.74, 6) is 0. The molecule has 76 valence electrons. The van der Waals surface area contributed by atoms with Gasteiger partial charge in [0.05, 0.1) is 0 Å². The Labute approximate surface area is 97.7 Å². The van der Waals surface area contributed by atoms with Gasteiger partial charge >= 0.3 is 5.31 Å². The number of alkyl halides is 1. The van der Waals surface area contributed by atoms with Gasteiger partial charge in [-0.3, -0.25) is 0 Å². The fourth-order valence-corrected chi connectivity index (χ4v) is 1.72. The van der Waals surface area contributed by atoms with Crippen LogP contribution in [0.25, 0.3) is 5.16 Å². The van der Waals surface area contributed by atoms with E-state index < -0.39 is 5.31 Å². The van der Waals surface area contributed by atoms with Crippen molar-refractivity contribution >= 4 is 51.7 Å². The predicted octanol–water partition coefficient (Wildman–Crippen LogP) is 0.299. The second-order valence-electron chi connectivity index (χ2n) is 2.46. The van der Waals surface area contributed by atoms with Crippen LogP contribution in [0, 0.1) is 0 Å². The number of halogens is 4. The third-order valence-corrected chi connectivity index (χ3v) is 2.90. The molecule has 14 heavy (non-hydrogen) atoms. The van der Waals surface area contributed by atoms with Crippen molar-refractivity contribution < 1.29 is 5.11 Å². The Balaban J connectivity index is 2.83. The number of nitrogens with zero attached hydrogens (tertiary/aromatic N) is 3. The van der Waals surface area contributed by atoms with Crippen molar-refractivity contribution in [3.8, 4) is 0 Å². The molecule has 1 aromatic heterocycles. The van der Waals surface area contributed by atoms with Crippen LogP contribution in [0.5, 0.6) is 0 Å². The maximum atomic E-state index is 9.46. The Morgan fingerprint density at radius 3 is 2.71 bits per heavy atom. The van der Waals surface area contributed by atoms with Gasteiger partial charge in [-0.25, -0.2) is 4.42 Å². The fourth-order valence-electron chi connectivity index (χ4n) is 0.962. The Morgan fingerprint density at radius 1 is 1.43 bits per heavy atom. The van der Waals surface area contributed by atoms with Gasteiger partial charge in [0.2, 0.25) is 5.28 Å². The summed E-state index contributed by atoms with van der Waals surface area (Å²) in [5, 5.41) is 7.66. The summed E-state index contributed by atoms with van der Waals surface area (Å²) in [6, 6.07) is 0. The monoisotopic (exact) mass is 274 g/mol. The van der Waals surface area contributed by atoms with Gasteiger partial charge in [-0.2, -0.15) is 9.98 Å². The van der Waals surface area contributed by atoms with Crippen molar-refractivity contribution in [1.29, 1.82) is 0 Å². The van der Waals surface area contributed by atoms with Crippen LogP contribution in [-0.2, 0) is 0 Å². The molecular weight excluding hydrogens is 274 g/mol. The minimum absolute atomic E-state index is 0.0337. The highest BCUT2D eigenvalue weighted by Crippen LogP contribution is 2.29. The second kappa shape index (κ2) is 3.15. The van der Waals surface area contributed by atoms with Gasteiger partial charge in [0.1, 0.15) is 5.35 Å². The molecule has 0 saturated heterocycles. The molecule has 2 rings (SSSR count). The van der Waals surface area contributed by atoms with E-state index in [2.05, 4.69) is 15.0 Å². The first-order chi connectivity index (χ1) is 6.42. The maximum Gasteiger partial charge on any atom is 0.337 e. The van der Waals surface area contributed by atoms with Gasteiger partial charge in [-0.05, 0) is 23.2 Å². The first kappa shape index (κ1) is 10.3. The Morgan fingerprint density at radius 2 is 2.07 bits per heavy atom. The van der Waals surface area contributed by atoms with Crippen LogP contribution < -0.4 is 10.8 Å². The lowest BCUT2D eigenvalue weighted by Crippen LogP contribution is -2.46. The van der Waals surface area contributed by atoms with Gasteiger partial charge in [0.25, 0.3) is 0 Å². The lowest BCUT2D eigenvalue weighted by molar-refractivity contribution is 0.0545. The lowest BCUT2D eigenvalue weighted by Gasteiger charge is -2.26. The minimum atomic E-state index is -2.15. The molecule has 1 aliphatic heterocycles. The van der Waals surface area contributed by atoms with E-state index in [4.69, 9.17) is 46.6 Å². The highest BCUT2D eigenvalue weighted by atomic mass is 35.5. The summed E-state index contributed by atoms with van der Waals surface area (Å²) in [4.78, 5) is 9.96. The molecule has 5 nitrogen and oxygen atoms in total. The quantitative estimate of drug-likeness (QED) is 0.407. The van der Waals surface area contributed by atoms with E-state index in [1.165, 1.54) is 0 Å². The van der Waals surface area contributed by atoms with E-state index in [0.717, 1.165) is 0 Å². The second-order valence-corrected chi connectivity index (χ2v) is 4.02. The smallest absolute Gasteiger partial charge is 0.337 e. The molecule has 0 saturated carbocycles. The molecule has 2 N–H and O–H groups in total. The number of H-pyrrole nitrogens is 1. The number of rotatable bonds is 0. The normalized spacial score (nSPS) is 26.1. The zero-order valence-corrected chi connectivity index (χ0v) is 9.32. The van der Waals surface area contributed by atoms with Crippen molar-refractivity contribution in [1.82, 2.24) is 14.4 Å². The Hall–Kier alpha value is -0.200. The third-order valence-electron chi connectivity index (χ3n) is 1.53. The average Bonchev–Trinajstić information content (AvgIpc) is 2.41. The van der Waals surface area contributed by atoms with Crippen molar-refractivity contribution in [2.45, 2.75) is 5.31 Å². The van der Waals surface area contributed by atoms with E-state index >= 15 is 0 Å². The average molecular weight is 276 g/mol. The van der Waals surface area contributed by atoms with Gasteiger partial charge in [0.15, 0.2) is 10.6 Å². The number of hydrogen-bond acceptors (Lipinski definition) is 4. The highest BCUT2D eigenvalue weighted by Gasteiger charge is 2.36. The van der Waals surface area contributed by atoms with E-state index in [9.17, 15) is 5.11 Å². The molecule has 1 atom stereocenters. The molecule has 9 heteroatoms. The lowest BCUT2D eigenvalue weighted by atomic mass is 10.6. The van der Waals surface area contributed by atoms with Crippen molar-refractivity contribution in [2.24, 2.45) is 4.99 Å². The third kappa shape index (κ3) is 1.45. The summed E-state index contributed by atoms with van der Waals surface area (Å²) in [5.41, 5.74) is 0.106. The van der Waals surface area contributed by atoms with Crippen molar-refractivity contribution in [2.75, 3.05) is 0 Å². The molecule has 1 aromatic rings. The van der Waals surface area contributed by atoms with Crippen molar-refractivity contribution in [3.05, 3.63) is 16.1 Å². The number of aromatic amines is 1. The summed E-state index contributed by atoms with van der Waals surface area (Å²) in [7, 11) is 0. The zero-order valence-electron chi connectivity index (χ0n) is 6.30. The summed E-state index contributed by atoms with van der Waals surface area (Å²) in [6.45, 7) is 0.